The molecule has 2 atom stereocenters. The highest BCUT2D eigenvalue weighted by atomic mass is 32.2. The molecular weight excluding hydrogens is 230 g/mol. The Kier molecular flexibility index (Phi) is 4.92. The minimum absolute atomic E-state index is 0.505. The second-order valence-electron chi connectivity index (χ2n) is 4.68. The second kappa shape index (κ2) is 6.45. The van der Waals surface area contributed by atoms with Crippen LogP contribution in [0.4, 0.5) is 0 Å². The third-order valence-corrected chi connectivity index (χ3v) is 4.58. The van der Waals surface area contributed by atoms with Crippen LogP contribution in [0.5, 0.6) is 0 Å². The van der Waals surface area contributed by atoms with Gasteiger partial charge in [0.15, 0.2) is 0 Å². The van der Waals surface area contributed by atoms with Crippen molar-refractivity contribution in [3.05, 3.63) is 18.0 Å². The lowest BCUT2D eigenvalue weighted by Crippen LogP contribution is -2.28. The summed E-state index contributed by atoms with van der Waals surface area (Å²) in [7, 11) is 0. The van der Waals surface area contributed by atoms with Crippen molar-refractivity contribution >= 4 is 11.8 Å². The van der Waals surface area contributed by atoms with Gasteiger partial charge in [0.25, 0.3) is 0 Å². The molecule has 2 unspecified atom stereocenters. The standard InChI is InChI=1S/C13H23N3S/c1-3-6-14-13(11-5-7-17-10-11)12-8-15-16(4-2)9-12/h8-9,11,13-14H,3-7,10H2,1-2H3. The van der Waals surface area contributed by atoms with Crippen LogP contribution in [0.1, 0.15) is 38.3 Å². The van der Waals surface area contributed by atoms with Gasteiger partial charge in [-0.3, -0.25) is 4.68 Å². The van der Waals surface area contributed by atoms with Crippen LogP contribution in [-0.4, -0.2) is 27.8 Å². The van der Waals surface area contributed by atoms with E-state index in [1.807, 2.05) is 10.9 Å². The normalized spacial score (nSPS) is 21.9. The van der Waals surface area contributed by atoms with Gasteiger partial charge in [-0.15, -0.1) is 0 Å². The highest BCUT2D eigenvalue weighted by molar-refractivity contribution is 7.99. The molecule has 0 radical (unpaired) electrons. The molecule has 17 heavy (non-hydrogen) atoms. The van der Waals surface area contributed by atoms with E-state index in [4.69, 9.17) is 0 Å². The van der Waals surface area contributed by atoms with Crippen molar-refractivity contribution in [2.24, 2.45) is 5.92 Å². The second-order valence-corrected chi connectivity index (χ2v) is 5.83. The Balaban J connectivity index is 2.07. The zero-order chi connectivity index (χ0) is 12.1. The van der Waals surface area contributed by atoms with E-state index in [0.717, 1.165) is 19.0 Å². The molecule has 0 spiro atoms. The summed E-state index contributed by atoms with van der Waals surface area (Å²) in [6, 6.07) is 0.505. The Morgan fingerprint density at radius 1 is 1.59 bits per heavy atom. The predicted molar refractivity (Wildman–Crippen MR) is 74.4 cm³/mol. The lowest BCUT2D eigenvalue weighted by Gasteiger charge is -2.23. The van der Waals surface area contributed by atoms with Crippen LogP contribution in [0, 0.1) is 5.92 Å². The van der Waals surface area contributed by atoms with Crippen molar-refractivity contribution in [2.75, 3.05) is 18.1 Å². The van der Waals surface area contributed by atoms with Crippen molar-refractivity contribution in [3.8, 4) is 0 Å². The summed E-state index contributed by atoms with van der Waals surface area (Å²) in [6.07, 6.45) is 6.78. The fourth-order valence-corrected chi connectivity index (χ4v) is 3.68. The minimum atomic E-state index is 0.505. The fourth-order valence-electron chi connectivity index (χ4n) is 2.39. The summed E-state index contributed by atoms with van der Waals surface area (Å²) in [4.78, 5) is 0. The number of aromatic nitrogens is 2. The van der Waals surface area contributed by atoms with E-state index in [9.17, 15) is 0 Å². The largest absolute Gasteiger partial charge is 0.310 e. The predicted octanol–water partition coefficient (Wildman–Crippen LogP) is 2.70. The van der Waals surface area contributed by atoms with Crippen LogP contribution in [-0.2, 0) is 6.54 Å². The van der Waals surface area contributed by atoms with Gasteiger partial charge in [0.05, 0.1) is 6.20 Å². The van der Waals surface area contributed by atoms with Crippen LogP contribution in [0.15, 0.2) is 12.4 Å². The first-order chi connectivity index (χ1) is 8.35. The molecule has 3 nitrogen and oxygen atoms in total. The molecule has 1 aromatic rings. The quantitative estimate of drug-likeness (QED) is 0.845. The third-order valence-electron chi connectivity index (χ3n) is 3.39. The van der Waals surface area contributed by atoms with Crippen molar-refractivity contribution in [2.45, 2.75) is 39.3 Å². The SMILES string of the molecule is CCCNC(c1cnn(CC)c1)C1CCSC1. The Bertz CT molecular complexity index is 331. The van der Waals surface area contributed by atoms with Crippen molar-refractivity contribution in [1.29, 1.82) is 0 Å². The van der Waals surface area contributed by atoms with Crippen LogP contribution in [0.25, 0.3) is 0 Å². The van der Waals surface area contributed by atoms with Gasteiger partial charge in [-0.1, -0.05) is 6.92 Å². The van der Waals surface area contributed by atoms with Gasteiger partial charge in [0, 0.05) is 24.3 Å². The summed E-state index contributed by atoms with van der Waals surface area (Å²) in [5.74, 6) is 3.39. The average Bonchev–Trinajstić information content (AvgIpc) is 3.00. The molecule has 96 valence electrons. The Hall–Kier alpha value is -0.480. The molecular formula is C13H23N3S. The Labute approximate surface area is 108 Å². The maximum Gasteiger partial charge on any atom is 0.0537 e. The summed E-state index contributed by atoms with van der Waals surface area (Å²) in [5.41, 5.74) is 1.37. The molecule has 1 N–H and O–H groups in total. The lowest BCUT2D eigenvalue weighted by atomic mass is 9.94. The topological polar surface area (TPSA) is 29.9 Å². The van der Waals surface area contributed by atoms with Crippen LogP contribution in [0.2, 0.25) is 0 Å². The third kappa shape index (κ3) is 3.26. The molecule has 0 aromatic carbocycles. The lowest BCUT2D eigenvalue weighted by molar-refractivity contribution is 0.393. The molecule has 2 rings (SSSR count). The van der Waals surface area contributed by atoms with Crippen LogP contribution in [0.3, 0.4) is 0 Å². The van der Waals surface area contributed by atoms with E-state index in [-0.39, 0.29) is 0 Å². The molecule has 0 bridgehead atoms. The van der Waals surface area contributed by atoms with Crippen molar-refractivity contribution in [3.63, 3.8) is 0 Å². The van der Waals surface area contributed by atoms with Crippen molar-refractivity contribution < 1.29 is 0 Å². The molecule has 1 fully saturated rings. The van der Waals surface area contributed by atoms with E-state index in [2.05, 4.69) is 42.2 Å². The fraction of sp³-hybridized carbons (Fsp3) is 0.769. The van der Waals surface area contributed by atoms with Gasteiger partial charge in [-0.25, -0.2) is 0 Å². The van der Waals surface area contributed by atoms with E-state index >= 15 is 0 Å². The Morgan fingerprint density at radius 3 is 3.06 bits per heavy atom. The molecule has 2 heterocycles. The molecule has 0 amide bonds. The monoisotopic (exact) mass is 253 g/mol. The minimum Gasteiger partial charge on any atom is -0.310 e. The number of nitrogens with zero attached hydrogens (tertiary/aromatic N) is 2. The molecule has 1 aliphatic heterocycles. The van der Waals surface area contributed by atoms with Gasteiger partial charge in [-0.2, -0.15) is 16.9 Å². The molecule has 1 aromatic heterocycles. The molecule has 0 saturated carbocycles. The van der Waals surface area contributed by atoms with Crippen LogP contribution < -0.4 is 5.32 Å². The van der Waals surface area contributed by atoms with Gasteiger partial charge in [0.2, 0.25) is 0 Å². The zero-order valence-corrected chi connectivity index (χ0v) is 11.7. The van der Waals surface area contributed by atoms with Gasteiger partial charge in [0.1, 0.15) is 0 Å². The summed E-state index contributed by atoms with van der Waals surface area (Å²) in [5, 5.41) is 8.10. The van der Waals surface area contributed by atoms with Crippen LogP contribution >= 0.6 is 11.8 Å². The Morgan fingerprint density at radius 2 is 2.47 bits per heavy atom. The first kappa shape index (κ1) is 13.0. The van der Waals surface area contributed by atoms with E-state index < -0.39 is 0 Å². The van der Waals surface area contributed by atoms with E-state index in [1.54, 1.807) is 0 Å². The number of aryl methyl sites for hydroxylation is 1. The van der Waals surface area contributed by atoms with Gasteiger partial charge >= 0.3 is 0 Å². The summed E-state index contributed by atoms with van der Waals surface area (Å²) < 4.78 is 2.03. The average molecular weight is 253 g/mol. The number of nitrogens with one attached hydrogen (secondary N) is 1. The maximum absolute atomic E-state index is 4.40. The number of rotatable bonds is 6. The zero-order valence-electron chi connectivity index (χ0n) is 10.9. The van der Waals surface area contributed by atoms with E-state index in [0.29, 0.717) is 6.04 Å². The van der Waals surface area contributed by atoms with E-state index in [1.165, 1.54) is 29.9 Å². The first-order valence-electron chi connectivity index (χ1n) is 6.68. The number of hydrogen-bond acceptors (Lipinski definition) is 3. The summed E-state index contributed by atoms with van der Waals surface area (Å²) >= 11 is 2.08. The smallest absolute Gasteiger partial charge is 0.0537 e. The van der Waals surface area contributed by atoms with Gasteiger partial charge in [-0.05, 0) is 43.7 Å². The molecule has 1 aliphatic rings. The van der Waals surface area contributed by atoms with Gasteiger partial charge < -0.3 is 5.32 Å². The highest BCUT2D eigenvalue weighted by Crippen LogP contribution is 2.34. The molecule has 4 heteroatoms. The maximum atomic E-state index is 4.40. The number of hydrogen-bond donors (Lipinski definition) is 1. The first-order valence-corrected chi connectivity index (χ1v) is 7.84. The van der Waals surface area contributed by atoms with Crippen molar-refractivity contribution in [1.82, 2.24) is 15.1 Å². The molecule has 1 saturated heterocycles. The highest BCUT2D eigenvalue weighted by Gasteiger charge is 2.27. The number of thioether (sulfide) groups is 1. The summed E-state index contributed by atoms with van der Waals surface area (Å²) in [6.45, 7) is 6.42. The molecule has 0 aliphatic carbocycles.